The molecule has 2 aromatic carbocycles. The number of carbonyl (C=O) groups is 1. The van der Waals surface area contributed by atoms with E-state index in [1.165, 1.54) is 7.11 Å². The predicted molar refractivity (Wildman–Crippen MR) is 129 cm³/mol. The number of carbonyl (C=O) groups excluding carboxylic acids is 1. The van der Waals surface area contributed by atoms with Gasteiger partial charge in [-0.1, -0.05) is 30.2 Å². The molecule has 6 nitrogen and oxygen atoms in total. The third-order valence-electron chi connectivity index (χ3n) is 5.40. The van der Waals surface area contributed by atoms with Crippen LogP contribution in [0.1, 0.15) is 36.2 Å². The van der Waals surface area contributed by atoms with Crippen molar-refractivity contribution in [3.05, 3.63) is 58.4 Å². The number of hydrogen-bond donors (Lipinski definition) is 1. The van der Waals surface area contributed by atoms with Crippen LogP contribution in [0.4, 0.5) is 0 Å². The zero-order chi connectivity index (χ0) is 22.9. The summed E-state index contributed by atoms with van der Waals surface area (Å²) in [5.74, 6) is 1.84. The summed E-state index contributed by atoms with van der Waals surface area (Å²) in [5, 5.41) is 3.65. The Bertz CT molecular complexity index is 1030. The fourth-order valence-corrected chi connectivity index (χ4v) is 3.91. The van der Waals surface area contributed by atoms with Crippen LogP contribution in [-0.4, -0.2) is 42.3 Å². The number of para-hydroxylation sites is 2. The van der Waals surface area contributed by atoms with Crippen molar-refractivity contribution in [2.45, 2.75) is 46.1 Å². The molecule has 0 saturated carbocycles. The van der Waals surface area contributed by atoms with Crippen LogP contribution in [0.3, 0.4) is 0 Å². The Kier molecular flexibility index (Phi) is 8.94. The van der Waals surface area contributed by atoms with Gasteiger partial charge in [0.05, 0.1) is 17.6 Å². The van der Waals surface area contributed by atoms with Crippen molar-refractivity contribution in [2.24, 2.45) is 0 Å². The Morgan fingerprint density at radius 3 is 2.62 bits per heavy atom. The van der Waals surface area contributed by atoms with E-state index in [0.29, 0.717) is 13.2 Å². The molecular weight excluding hydrogens is 426 g/mol. The SMILES string of the molecule is COCC(=O)NCCCCCc1nc2ccccc2n1CCOc1cc(C)c(Cl)c(C)c1. The second-order valence-electron chi connectivity index (χ2n) is 7.98. The number of aryl methyl sites for hydroxylation is 3. The van der Waals surface area contributed by atoms with Gasteiger partial charge in [0.2, 0.25) is 5.91 Å². The molecule has 0 radical (unpaired) electrons. The van der Waals surface area contributed by atoms with Crippen LogP contribution >= 0.6 is 11.6 Å². The van der Waals surface area contributed by atoms with Gasteiger partial charge in [-0.3, -0.25) is 4.79 Å². The summed E-state index contributed by atoms with van der Waals surface area (Å²) in [6, 6.07) is 12.2. The second kappa shape index (κ2) is 11.9. The molecule has 0 bridgehead atoms. The Morgan fingerprint density at radius 1 is 1.12 bits per heavy atom. The largest absolute Gasteiger partial charge is 0.492 e. The summed E-state index contributed by atoms with van der Waals surface area (Å²) in [6.45, 7) is 6.05. The zero-order valence-electron chi connectivity index (χ0n) is 19.1. The fraction of sp³-hybridized carbons (Fsp3) is 0.440. The number of halogens is 1. The molecule has 1 aromatic heterocycles. The van der Waals surface area contributed by atoms with Crippen LogP contribution in [-0.2, 0) is 22.5 Å². The van der Waals surface area contributed by atoms with Gasteiger partial charge in [0.1, 0.15) is 24.8 Å². The first-order valence-electron chi connectivity index (χ1n) is 11.1. The second-order valence-corrected chi connectivity index (χ2v) is 8.36. The number of ether oxygens (including phenoxy) is 2. The lowest BCUT2D eigenvalue weighted by atomic mass is 10.1. The van der Waals surface area contributed by atoms with E-state index < -0.39 is 0 Å². The lowest BCUT2D eigenvalue weighted by molar-refractivity contribution is -0.124. The zero-order valence-corrected chi connectivity index (χ0v) is 19.9. The summed E-state index contributed by atoms with van der Waals surface area (Å²) in [4.78, 5) is 16.3. The first kappa shape index (κ1) is 24.1. The molecule has 0 atom stereocenters. The van der Waals surface area contributed by atoms with Gasteiger partial charge in [-0.2, -0.15) is 0 Å². The number of nitrogens with zero attached hydrogens (tertiary/aromatic N) is 2. The third-order valence-corrected chi connectivity index (χ3v) is 6.00. The van der Waals surface area contributed by atoms with Crippen molar-refractivity contribution in [3.63, 3.8) is 0 Å². The third kappa shape index (κ3) is 6.47. The lowest BCUT2D eigenvalue weighted by Gasteiger charge is -2.13. The van der Waals surface area contributed by atoms with Gasteiger partial charge < -0.3 is 19.4 Å². The average Bonchev–Trinajstić information content (AvgIpc) is 3.12. The van der Waals surface area contributed by atoms with E-state index in [2.05, 4.69) is 16.0 Å². The van der Waals surface area contributed by atoms with Gasteiger partial charge in [0.25, 0.3) is 0 Å². The number of aromatic nitrogens is 2. The lowest BCUT2D eigenvalue weighted by Crippen LogP contribution is -2.27. The molecule has 0 aliphatic rings. The highest BCUT2D eigenvalue weighted by Crippen LogP contribution is 2.26. The van der Waals surface area contributed by atoms with Gasteiger partial charge >= 0.3 is 0 Å². The molecule has 0 aliphatic carbocycles. The van der Waals surface area contributed by atoms with Crippen LogP contribution < -0.4 is 10.1 Å². The highest BCUT2D eigenvalue weighted by atomic mass is 35.5. The van der Waals surface area contributed by atoms with Crippen molar-refractivity contribution in [1.29, 1.82) is 0 Å². The van der Waals surface area contributed by atoms with Crippen LogP contribution in [0.5, 0.6) is 5.75 Å². The summed E-state index contributed by atoms with van der Waals surface area (Å²) < 4.78 is 13.1. The molecule has 0 fully saturated rings. The van der Waals surface area contributed by atoms with Crippen molar-refractivity contribution < 1.29 is 14.3 Å². The molecule has 0 unspecified atom stereocenters. The monoisotopic (exact) mass is 457 g/mol. The van der Waals surface area contributed by atoms with E-state index in [9.17, 15) is 4.79 Å². The predicted octanol–water partition coefficient (Wildman–Crippen LogP) is 4.86. The maximum Gasteiger partial charge on any atom is 0.245 e. The first-order chi connectivity index (χ1) is 15.5. The molecule has 1 N–H and O–H groups in total. The van der Waals surface area contributed by atoms with Crippen LogP contribution in [0.15, 0.2) is 36.4 Å². The number of benzene rings is 2. The molecule has 3 rings (SSSR count). The molecule has 0 spiro atoms. The number of unbranched alkanes of at least 4 members (excludes halogenated alkanes) is 2. The van der Waals surface area contributed by atoms with Gasteiger partial charge in [-0.05, 0) is 62.1 Å². The molecule has 0 saturated heterocycles. The van der Waals surface area contributed by atoms with Crippen LogP contribution in [0.2, 0.25) is 5.02 Å². The minimum atomic E-state index is -0.0691. The maximum atomic E-state index is 11.4. The van der Waals surface area contributed by atoms with E-state index >= 15 is 0 Å². The van der Waals surface area contributed by atoms with Crippen molar-refractivity contribution in [1.82, 2.24) is 14.9 Å². The first-order valence-corrected chi connectivity index (χ1v) is 11.5. The van der Waals surface area contributed by atoms with E-state index in [1.54, 1.807) is 0 Å². The van der Waals surface area contributed by atoms with Crippen LogP contribution in [0.25, 0.3) is 11.0 Å². The van der Waals surface area contributed by atoms with E-state index in [4.69, 9.17) is 26.1 Å². The topological polar surface area (TPSA) is 65.4 Å². The Morgan fingerprint density at radius 2 is 1.88 bits per heavy atom. The Balaban J connectivity index is 1.56. The molecule has 0 aliphatic heterocycles. The summed E-state index contributed by atoms with van der Waals surface area (Å²) in [5.41, 5.74) is 4.18. The average molecular weight is 458 g/mol. The van der Waals surface area contributed by atoms with Crippen molar-refractivity contribution in [3.8, 4) is 5.75 Å². The number of nitrogens with one attached hydrogen (secondary N) is 1. The number of hydrogen-bond acceptors (Lipinski definition) is 4. The van der Waals surface area contributed by atoms with Gasteiger partial charge in [0, 0.05) is 25.1 Å². The minimum absolute atomic E-state index is 0.0691. The molecule has 7 heteroatoms. The number of imidazole rings is 1. The van der Waals surface area contributed by atoms with Crippen LogP contribution in [0, 0.1) is 13.8 Å². The fourth-order valence-electron chi connectivity index (χ4n) is 3.80. The number of methoxy groups -OCH3 is 1. The normalized spacial score (nSPS) is 11.1. The molecule has 1 amide bonds. The summed E-state index contributed by atoms with van der Waals surface area (Å²) >= 11 is 6.27. The van der Waals surface area contributed by atoms with E-state index in [-0.39, 0.29) is 12.5 Å². The molecule has 32 heavy (non-hydrogen) atoms. The molecule has 172 valence electrons. The standard InChI is InChI=1S/C25H32ClN3O3/c1-18-15-20(16-19(2)25(18)26)32-14-13-29-22-10-7-6-9-21(22)28-23(29)11-5-4-8-12-27-24(30)17-31-3/h6-7,9-10,15-16H,4-5,8,11-14,17H2,1-3H3,(H,27,30). The Labute approximate surface area is 194 Å². The summed E-state index contributed by atoms with van der Waals surface area (Å²) in [7, 11) is 1.52. The summed E-state index contributed by atoms with van der Waals surface area (Å²) in [6.07, 6.45) is 3.87. The van der Waals surface area contributed by atoms with Gasteiger partial charge in [-0.15, -0.1) is 0 Å². The highest BCUT2D eigenvalue weighted by molar-refractivity contribution is 6.32. The maximum absolute atomic E-state index is 11.4. The van der Waals surface area contributed by atoms with Gasteiger partial charge in [-0.25, -0.2) is 4.98 Å². The number of rotatable bonds is 12. The highest BCUT2D eigenvalue weighted by Gasteiger charge is 2.11. The quantitative estimate of drug-likeness (QED) is 0.394. The van der Waals surface area contributed by atoms with Crippen molar-refractivity contribution in [2.75, 3.05) is 26.9 Å². The molecular formula is C25H32ClN3O3. The van der Waals surface area contributed by atoms with Gasteiger partial charge in [0.15, 0.2) is 0 Å². The minimum Gasteiger partial charge on any atom is -0.492 e. The van der Waals surface area contributed by atoms with Crippen molar-refractivity contribution >= 4 is 28.5 Å². The number of amides is 1. The molecule has 1 heterocycles. The van der Waals surface area contributed by atoms with E-state index in [0.717, 1.165) is 71.0 Å². The van der Waals surface area contributed by atoms with E-state index in [1.807, 2.05) is 44.2 Å². The Hall–Kier alpha value is -2.57. The number of fused-ring (bicyclic) bond motifs is 1. The smallest absolute Gasteiger partial charge is 0.245 e. The molecule has 3 aromatic rings.